The van der Waals surface area contributed by atoms with Crippen LogP contribution in [0, 0.1) is 12.8 Å². The second-order valence-corrected chi connectivity index (χ2v) is 9.50. The molecule has 1 heterocycles. The molecule has 0 fully saturated rings. The van der Waals surface area contributed by atoms with Crippen molar-refractivity contribution in [3.8, 4) is 5.75 Å². The molecule has 0 radical (unpaired) electrons. The number of aryl methyl sites for hydroxylation is 2. The van der Waals surface area contributed by atoms with Gasteiger partial charge in [0.1, 0.15) is 24.0 Å². The van der Waals surface area contributed by atoms with Crippen molar-refractivity contribution in [3.63, 3.8) is 0 Å². The van der Waals surface area contributed by atoms with Crippen LogP contribution < -0.4 is 15.7 Å². The number of esters is 1. The average molecular weight is 478 g/mol. The summed E-state index contributed by atoms with van der Waals surface area (Å²) in [6.45, 7) is 5.87. The van der Waals surface area contributed by atoms with Gasteiger partial charge in [-0.2, -0.15) is 0 Å². The minimum absolute atomic E-state index is 0.101. The van der Waals surface area contributed by atoms with Gasteiger partial charge < -0.3 is 19.2 Å². The summed E-state index contributed by atoms with van der Waals surface area (Å²) < 4.78 is 16.8. The van der Waals surface area contributed by atoms with Gasteiger partial charge in [-0.3, -0.25) is 0 Å². The highest BCUT2D eigenvalue weighted by atomic mass is 16.6. The fraction of sp³-hybridized carbons (Fsp3) is 0.393. The van der Waals surface area contributed by atoms with E-state index < -0.39 is 18.1 Å². The first-order chi connectivity index (χ1) is 16.8. The van der Waals surface area contributed by atoms with Crippen molar-refractivity contribution in [2.24, 2.45) is 5.92 Å². The molecule has 1 aromatic heterocycles. The first-order valence-electron chi connectivity index (χ1n) is 12.1. The predicted octanol–water partition coefficient (Wildman–Crippen LogP) is 5.23. The van der Waals surface area contributed by atoms with Crippen LogP contribution in [0.2, 0.25) is 0 Å². The molecule has 0 saturated carbocycles. The summed E-state index contributed by atoms with van der Waals surface area (Å²) >= 11 is 0. The number of nitrogens with one attached hydrogen (secondary N) is 1. The Labute approximate surface area is 204 Å². The number of alkyl carbamates (subject to hydrolysis) is 1. The Kier molecular flexibility index (Phi) is 7.54. The van der Waals surface area contributed by atoms with Gasteiger partial charge in [-0.15, -0.1) is 0 Å². The van der Waals surface area contributed by atoms with Gasteiger partial charge in [-0.05, 0) is 73.8 Å². The molecule has 1 aliphatic rings. The largest absolute Gasteiger partial charge is 0.445 e. The van der Waals surface area contributed by atoms with Crippen LogP contribution in [0.15, 0.2) is 51.7 Å². The molecule has 2 aromatic carbocycles. The highest BCUT2D eigenvalue weighted by Crippen LogP contribution is 2.35. The molecular formula is C28H31NO6. The van der Waals surface area contributed by atoms with E-state index in [9.17, 15) is 14.4 Å². The Morgan fingerprint density at radius 1 is 1.06 bits per heavy atom. The normalized spacial score (nSPS) is 13.8. The second-order valence-electron chi connectivity index (χ2n) is 9.50. The van der Waals surface area contributed by atoms with Crippen LogP contribution in [0.3, 0.4) is 0 Å². The van der Waals surface area contributed by atoms with Crippen LogP contribution >= 0.6 is 0 Å². The third-order valence-electron chi connectivity index (χ3n) is 6.14. The van der Waals surface area contributed by atoms with Gasteiger partial charge in [0, 0.05) is 5.56 Å². The van der Waals surface area contributed by atoms with Gasteiger partial charge in [-0.1, -0.05) is 44.2 Å². The topological polar surface area (TPSA) is 94.8 Å². The molecule has 1 unspecified atom stereocenters. The van der Waals surface area contributed by atoms with Crippen molar-refractivity contribution in [1.29, 1.82) is 0 Å². The van der Waals surface area contributed by atoms with E-state index in [2.05, 4.69) is 5.32 Å². The van der Waals surface area contributed by atoms with Gasteiger partial charge in [0.05, 0.1) is 5.39 Å². The van der Waals surface area contributed by atoms with Crippen LogP contribution in [-0.4, -0.2) is 18.1 Å². The number of hydrogen-bond donors (Lipinski definition) is 1. The molecule has 7 heteroatoms. The van der Waals surface area contributed by atoms with Gasteiger partial charge in [0.15, 0.2) is 0 Å². The summed E-state index contributed by atoms with van der Waals surface area (Å²) in [6.07, 6.45) is 2.96. The van der Waals surface area contributed by atoms with Gasteiger partial charge in [0.2, 0.25) is 0 Å². The molecular weight excluding hydrogens is 446 g/mol. The lowest BCUT2D eigenvalue weighted by Gasteiger charge is -2.21. The highest BCUT2D eigenvalue weighted by molar-refractivity contribution is 5.92. The van der Waals surface area contributed by atoms with E-state index in [0.717, 1.165) is 36.0 Å². The van der Waals surface area contributed by atoms with Gasteiger partial charge in [-0.25, -0.2) is 14.4 Å². The maximum Gasteiger partial charge on any atom is 0.408 e. The zero-order valence-corrected chi connectivity index (χ0v) is 20.4. The monoisotopic (exact) mass is 477 g/mol. The maximum absolute atomic E-state index is 13.3. The first-order valence-corrected chi connectivity index (χ1v) is 12.1. The molecule has 1 amide bonds. The van der Waals surface area contributed by atoms with Crippen molar-refractivity contribution >= 4 is 23.0 Å². The number of fused-ring (bicyclic) bond motifs is 3. The summed E-state index contributed by atoms with van der Waals surface area (Å²) in [6, 6.07) is 12.0. The molecule has 1 atom stereocenters. The van der Waals surface area contributed by atoms with E-state index in [-0.39, 0.29) is 18.2 Å². The smallest absolute Gasteiger partial charge is 0.408 e. The fourth-order valence-corrected chi connectivity index (χ4v) is 4.52. The number of carbonyl (C=O) groups is 2. The average Bonchev–Trinajstić information content (AvgIpc) is 2.82. The fourth-order valence-electron chi connectivity index (χ4n) is 4.52. The zero-order chi connectivity index (χ0) is 24.9. The lowest BCUT2D eigenvalue weighted by Crippen LogP contribution is -2.44. The summed E-state index contributed by atoms with van der Waals surface area (Å²) in [7, 11) is 0. The minimum atomic E-state index is -0.889. The molecule has 7 nitrogen and oxygen atoms in total. The zero-order valence-electron chi connectivity index (χ0n) is 20.4. The Hall–Kier alpha value is -3.61. The van der Waals surface area contributed by atoms with E-state index in [4.69, 9.17) is 13.9 Å². The Balaban J connectivity index is 1.57. The third kappa shape index (κ3) is 5.91. The standard InChI is InChI=1S/C28H31NO6/c1-17(2)13-22(29-28(32)33-16-19-9-5-4-6-10-19)27(31)35-24-15-18(3)14-23-25(24)20-11-7-8-12-21(20)26(30)34-23/h4-6,9-10,14-15,17,22H,7-8,11-13,16H2,1-3H3,(H,29,32). The number of ether oxygens (including phenoxy) is 2. The minimum Gasteiger partial charge on any atom is -0.445 e. The summed E-state index contributed by atoms with van der Waals surface area (Å²) in [5, 5.41) is 3.32. The van der Waals surface area contributed by atoms with Crippen LogP contribution in [0.1, 0.15) is 55.4 Å². The van der Waals surface area contributed by atoms with E-state index in [1.807, 2.05) is 51.1 Å². The highest BCUT2D eigenvalue weighted by Gasteiger charge is 2.27. The summed E-state index contributed by atoms with van der Waals surface area (Å²) in [5.41, 5.74) is 3.29. The molecule has 0 saturated heterocycles. The van der Waals surface area contributed by atoms with Crippen LogP contribution in [0.4, 0.5) is 4.79 Å². The SMILES string of the molecule is Cc1cc(OC(=O)C(CC(C)C)NC(=O)OCc2ccccc2)c2c3c(c(=O)oc2c1)CCCC3. The maximum atomic E-state index is 13.3. The van der Waals surface area contributed by atoms with E-state index >= 15 is 0 Å². The van der Waals surface area contributed by atoms with Gasteiger partial charge in [0.25, 0.3) is 0 Å². The second kappa shape index (κ2) is 10.8. The summed E-state index contributed by atoms with van der Waals surface area (Å²) in [5.74, 6) is -0.111. The van der Waals surface area contributed by atoms with E-state index in [1.54, 1.807) is 12.1 Å². The lowest BCUT2D eigenvalue weighted by atomic mass is 9.90. The molecule has 1 aliphatic carbocycles. The molecule has 3 aromatic rings. The molecule has 35 heavy (non-hydrogen) atoms. The van der Waals surface area contributed by atoms with E-state index in [1.165, 1.54) is 0 Å². The number of amides is 1. The van der Waals surface area contributed by atoms with Crippen molar-refractivity contribution in [1.82, 2.24) is 5.32 Å². The Bertz CT molecular complexity index is 1280. The molecule has 0 aliphatic heterocycles. The molecule has 4 rings (SSSR count). The predicted molar refractivity (Wildman–Crippen MR) is 133 cm³/mol. The van der Waals surface area contributed by atoms with Crippen molar-refractivity contribution < 1.29 is 23.5 Å². The van der Waals surface area contributed by atoms with E-state index in [0.29, 0.717) is 35.1 Å². The van der Waals surface area contributed by atoms with Crippen LogP contribution in [0.25, 0.3) is 11.0 Å². The molecule has 0 spiro atoms. The lowest BCUT2D eigenvalue weighted by molar-refractivity contribution is -0.137. The summed E-state index contributed by atoms with van der Waals surface area (Å²) in [4.78, 5) is 38.2. The first kappa shape index (κ1) is 24.5. The number of rotatable bonds is 7. The van der Waals surface area contributed by atoms with Crippen molar-refractivity contribution in [2.75, 3.05) is 0 Å². The molecule has 1 N–H and O–H groups in total. The van der Waals surface area contributed by atoms with Gasteiger partial charge >= 0.3 is 17.7 Å². The Morgan fingerprint density at radius 3 is 2.49 bits per heavy atom. The van der Waals surface area contributed by atoms with Crippen molar-refractivity contribution in [2.45, 2.75) is 65.5 Å². The Morgan fingerprint density at radius 2 is 1.77 bits per heavy atom. The quantitative estimate of drug-likeness (QED) is 0.285. The number of benzene rings is 2. The number of hydrogen-bond acceptors (Lipinski definition) is 6. The number of carbonyl (C=O) groups excluding carboxylic acids is 2. The molecule has 0 bridgehead atoms. The van der Waals surface area contributed by atoms with Crippen LogP contribution in [-0.2, 0) is 29.0 Å². The third-order valence-corrected chi connectivity index (χ3v) is 6.14. The van der Waals surface area contributed by atoms with Crippen LogP contribution in [0.5, 0.6) is 5.75 Å². The van der Waals surface area contributed by atoms with Crippen molar-refractivity contribution in [3.05, 3.63) is 75.1 Å². The molecule has 184 valence electrons.